The predicted molar refractivity (Wildman–Crippen MR) is 84.6 cm³/mol. The fourth-order valence-corrected chi connectivity index (χ4v) is 2.50. The second-order valence-corrected chi connectivity index (χ2v) is 6.71. The van der Waals surface area contributed by atoms with Crippen molar-refractivity contribution in [2.24, 2.45) is 0 Å². The monoisotopic (exact) mass is 307 g/mol. The van der Waals surface area contributed by atoms with Crippen molar-refractivity contribution in [3.63, 3.8) is 0 Å². The highest BCUT2D eigenvalue weighted by Crippen LogP contribution is 2.24. The van der Waals surface area contributed by atoms with Crippen molar-refractivity contribution in [3.05, 3.63) is 5.82 Å². The molecule has 0 radical (unpaired) electrons. The number of rotatable bonds is 2. The summed E-state index contributed by atoms with van der Waals surface area (Å²) in [5, 5.41) is 0. The average Bonchev–Trinajstić information content (AvgIpc) is 2.55. The molecule has 2 aliphatic heterocycles. The van der Waals surface area contributed by atoms with Gasteiger partial charge in [-0.2, -0.15) is 15.0 Å². The van der Waals surface area contributed by atoms with Crippen LogP contribution in [0, 0.1) is 0 Å². The van der Waals surface area contributed by atoms with E-state index in [-0.39, 0.29) is 5.41 Å². The lowest BCUT2D eigenvalue weighted by Gasteiger charge is -2.31. The molecule has 2 aliphatic rings. The summed E-state index contributed by atoms with van der Waals surface area (Å²) in [5.41, 5.74) is -0.106. The molecule has 122 valence electrons. The maximum absolute atomic E-state index is 5.43. The van der Waals surface area contributed by atoms with Crippen LogP contribution in [0.25, 0.3) is 0 Å². The van der Waals surface area contributed by atoms with E-state index in [4.69, 9.17) is 24.4 Å². The number of hydrogen-bond donors (Lipinski definition) is 0. The first kappa shape index (κ1) is 15.4. The Morgan fingerprint density at radius 1 is 0.727 bits per heavy atom. The van der Waals surface area contributed by atoms with E-state index >= 15 is 0 Å². The molecular weight excluding hydrogens is 282 g/mol. The predicted octanol–water partition coefficient (Wildman–Crippen LogP) is 0.842. The summed E-state index contributed by atoms with van der Waals surface area (Å²) in [7, 11) is 0. The Morgan fingerprint density at radius 3 is 1.50 bits per heavy atom. The Morgan fingerprint density at radius 2 is 1.14 bits per heavy atom. The Labute approximate surface area is 131 Å². The van der Waals surface area contributed by atoms with Crippen molar-refractivity contribution in [2.45, 2.75) is 26.2 Å². The van der Waals surface area contributed by atoms with Crippen LogP contribution in [-0.4, -0.2) is 67.6 Å². The highest BCUT2D eigenvalue weighted by atomic mass is 16.5. The minimum absolute atomic E-state index is 0.106. The van der Waals surface area contributed by atoms with Crippen molar-refractivity contribution in [1.82, 2.24) is 15.0 Å². The number of anilines is 2. The highest BCUT2D eigenvalue weighted by Gasteiger charge is 2.25. The van der Waals surface area contributed by atoms with E-state index in [9.17, 15) is 0 Å². The van der Waals surface area contributed by atoms with E-state index in [1.807, 2.05) is 0 Å². The van der Waals surface area contributed by atoms with Gasteiger partial charge in [-0.3, -0.25) is 0 Å². The van der Waals surface area contributed by atoms with E-state index in [1.54, 1.807) is 0 Å². The van der Waals surface area contributed by atoms with Gasteiger partial charge in [0, 0.05) is 31.6 Å². The standard InChI is InChI=1S/C15H25N5O2/c1-15(2,3)12-16-13(19-4-8-21-9-5-19)18-14(17-12)20-6-10-22-11-7-20/h4-11H2,1-3H3. The highest BCUT2D eigenvalue weighted by molar-refractivity contribution is 5.40. The van der Waals surface area contributed by atoms with E-state index < -0.39 is 0 Å². The van der Waals surface area contributed by atoms with Gasteiger partial charge in [0.15, 0.2) is 0 Å². The molecular formula is C15H25N5O2. The van der Waals surface area contributed by atoms with Crippen molar-refractivity contribution in [2.75, 3.05) is 62.4 Å². The average molecular weight is 307 g/mol. The van der Waals surface area contributed by atoms with Crippen molar-refractivity contribution in [3.8, 4) is 0 Å². The minimum Gasteiger partial charge on any atom is -0.378 e. The van der Waals surface area contributed by atoms with Crippen molar-refractivity contribution in [1.29, 1.82) is 0 Å². The normalized spacial score (nSPS) is 20.3. The molecule has 0 unspecified atom stereocenters. The lowest BCUT2D eigenvalue weighted by Crippen LogP contribution is -2.40. The zero-order valence-corrected chi connectivity index (χ0v) is 13.7. The lowest BCUT2D eigenvalue weighted by atomic mass is 9.96. The second-order valence-electron chi connectivity index (χ2n) is 6.71. The van der Waals surface area contributed by atoms with Gasteiger partial charge >= 0.3 is 0 Å². The molecule has 0 N–H and O–H groups in total. The number of aromatic nitrogens is 3. The maximum atomic E-state index is 5.43. The summed E-state index contributed by atoms with van der Waals surface area (Å²) in [4.78, 5) is 18.5. The van der Waals surface area contributed by atoms with E-state index in [0.29, 0.717) is 0 Å². The topological polar surface area (TPSA) is 63.6 Å². The number of nitrogens with zero attached hydrogens (tertiary/aromatic N) is 5. The quantitative estimate of drug-likeness (QED) is 0.802. The molecule has 2 saturated heterocycles. The first-order chi connectivity index (χ1) is 10.5. The molecule has 22 heavy (non-hydrogen) atoms. The van der Waals surface area contributed by atoms with Crippen molar-refractivity contribution >= 4 is 11.9 Å². The summed E-state index contributed by atoms with van der Waals surface area (Å²) in [6, 6.07) is 0. The van der Waals surface area contributed by atoms with Crippen molar-refractivity contribution < 1.29 is 9.47 Å². The summed E-state index contributed by atoms with van der Waals surface area (Å²) in [6.07, 6.45) is 0. The van der Waals surface area contributed by atoms with Crippen LogP contribution >= 0.6 is 0 Å². The Hall–Kier alpha value is -1.47. The third kappa shape index (κ3) is 3.47. The fourth-order valence-electron chi connectivity index (χ4n) is 2.50. The molecule has 0 aliphatic carbocycles. The lowest BCUT2D eigenvalue weighted by molar-refractivity contribution is 0.121. The second kappa shape index (κ2) is 6.34. The van der Waals surface area contributed by atoms with Crippen LogP contribution in [0.1, 0.15) is 26.6 Å². The summed E-state index contributed by atoms with van der Waals surface area (Å²) in [6.45, 7) is 12.6. The molecule has 2 fully saturated rings. The molecule has 0 spiro atoms. The van der Waals surface area contributed by atoms with E-state index in [0.717, 1.165) is 70.3 Å². The van der Waals surface area contributed by atoms with Gasteiger partial charge < -0.3 is 19.3 Å². The first-order valence-electron chi connectivity index (χ1n) is 7.96. The van der Waals surface area contributed by atoms with E-state index in [2.05, 4.69) is 30.6 Å². The Kier molecular flexibility index (Phi) is 4.44. The van der Waals surface area contributed by atoms with Gasteiger partial charge in [-0.05, 0) is 0 Å². The van der Waals surface area contributed by atoms with Crippen LogP contribution in [-0.2, 0) is 14.9 Å². The summed E-state index contributed by atoms with van der Waals surface area (Å²) < 4.78 is 10.9. The molecule has 0 aromatic carbocycles. The number of morpholine rings is 2. The Balaban J connectivity index is 1.93. The van der Waals surface area contributed by atoms with Crippen LogP contribution in [0.15, 0.2) is 0 Å². The van der Waals surface area contributed by atoms with Gasteiger partial charge in [-0.15, -0.1) is 0 Å². The van der Waals surface area contributed by atoms with Gasteiger partial charge in [0.1, 0.15) is 5.82 Å². The van der Waals surface area contributed by atoms with Crippen LogP contribution < -0.4 is 9.80 Å². The molecule has 7 nitrogen and oxygen atoms in total. The molecule has 0 amide bonds. The summed E-state index contributed by atoms with van der Waals surface area (Å²) in [5.74, 6) is 2.37. The zero-order chi connectivity index (χ0) is 15.6. The van der Waals surface area contributed by atoms with Gasteiger partial charge in [-0.1, -0.05) is 20.8 Å². The Bertz CT molecular complexity index is 469. The first-order valence-corrected chi connectivity index (χ1v) is 7.96. The molecule has 7 heteroatoms. The van der Waals surface area contributed by atoms with Gasteiger partial charge in [0.05, 0.1) is 26.4 Å². The van der Waals surface area contributed by atoms with Crippen LogP contribution in [0.5, 0.6) is 0 Å². The van der Waals surface area contributed by atoms with Crippen LogP contribution in [0.3, 0.4) is 0 Å². The smallest absolute Gasteiger partial charge is 0.230 e. The molecule has 3 heterocycles. The van der Waals surface area contributed by atoms with E-state index in [1.165, 1.54) is 0 Å². The SMILES string of the molecule is CC(C)(C)c1nc(N2CCOCC2)nc(N2CCOCC2)n1. The summed E-state index contributed by atoms with van der Waals surface area (Å²) >= 11 is 0. The number of ether oxygens (including phenoxy) is 2. The van der Waals surface area contributed by atoms with Gasteiger partial charge in [0.25, 0.3) is 0 Å². The van der Waals surface area contributed by atoms with Crippen LogP contribution in [0.4, 0.5) is 11.9 Å². The third-order valence-electron chi connectivity index (χ3n) is 3.87. The van der Waals surface area contributed by atoms with Gasteiger partial charge in [-0.25, -0.2) is 0 Å². The molecule has 1 aromatic rings. The van der Waals surface area contributed by atoms with Gasteiger partial charge in [0.2, 0.25) is 11.9 Å². The molecule has 0 atom stereocenters. The largest absolute Gasteiger partial charge is 0.378 e. The minimum atomic E-state index is -0.106. The molecule has 0 saturated carbocycles. The molecule has 0 bridgehead atoms. The maximum Gasteiger partial charge on any atom is 0.230 e. The molecule has 1 aromatic heterocycles. The fraction of sp³-hybridized carbons (Fsp3) is 0.800. The van der Waals surface area contributed by atoms with Crippen LogP contribution in [0.2, 0.25) is 0 Å². The molecule has 3 rings (SSSR count). The zero-order valence-electron chi connectivity index (χ0n) is 13.7. The number of hydrogen-bond acceptors (Lipinski definition) is 7. The third-order valence-corrected chi connectivity index (χ3v) is 3.87.